The van der Waals surface area contributed by atoms with Gasteiger partial charge in [-0.25, -0.2) is 0 Å². The molecule has 0 saturated heterocycles. The number of benzene rings is 3. The van der Waals surface area contributed by atoms with Crippen molar-refractivity contribution in [1.29, 1.82) is 0 Å². The highest BCUT2D eigenvalue weighted by Crippen LogP contribution is 2.34. The van der Waals surface area contributed by atoms with Crippen LogP contribution in [0.1, 0.15) is 58.7 Å². The van der Waals surface area contributed by atoms with E-state index in [-0.39, 0.29) is 18.3 Å². The fraction of sp³-hybridized carbons (Fsp3) is 0.343. The molecule has 5 nitrogen and oxygen atoms in total. The van der Waals surface area contributed by atoms with Crippen molar-refractivity contribution in [2.45, 2.75) is 65.8 Å². The molecule has 3 aromatic carbocycles. The first-order chi connectivity index (χ1) is 20.2. The minimum atomic E-state index is -4.55. The van der Waals surface area contributed by atoms with Crippen LogP contribution in [0.3, 0.4) is 0 Å². The van der Waals surface area contributed by atoms with Crippen LogP contribution in [-0.4, -0.2) is 25.1 Å². The Morgan fingerprint density at radius 1 is 0.837 bits per heavy atom. The molecule has 0 radical (unpaired) electrons. The van der Waals surface area contributed by atoms with E-state index in [0.29, 0.717) is 18.8 Å². The Labute approximate surface area is 251 Å². The summed E-state index contributed by atoms with van der Waals surface area (Å²) in [6.07, 6.45) is -4.55. The van der Waals surface area contributed by atoms with Crippen molar-refractivity contribution in [2.75, 3.05) is 14.2 Å². The van der Waals surface area contributed by atoms with Crippen molar-refractivity contribution < 1.29 is 31.9 Å². The lowest BCUT2D eigenvalue weighted by Gasteiger charge is -2.25. The molecule has 0 unspecified atom stereocenters. The van der Waals surface area contributed by atoms with Gasteiger partial charge in [-0.05, 0) is 86.2 Å². The fourth-order valence-corrected chi connectivity index (χ4v) is 5.44. The summed E-state index contributed by atoms with van der Waals surface area (Å²) in [5.41, 5.74) is 7.22. The van der Waals surface area contributed by atoms with Gasteiger partial charge in [0.1, 0.15) is 11.5 Å². The van der Waals surface area contributed by atoms with Crippen LogP contribution in [0.25, 0.3) is 11.1 Å². The Morgan fingerprint density at radius 3 is 2.12 bits per heavy atom. The summed E-state index contributed by atoms with van der Waals surface area (Å²) in [6, 6.07) is 20.2. The monoisotopic (exact) mass is 593 g/mol. The largest absolute Gasteiger partial charge is 0.496 e. The van der Waals surface area contributed by atoms with Crippen molar-refractivity contribution in [3.05, 3.63) is 112 Å². The van der Waals surface area contributed by atoms with Crippen LogP contribution in [0.2, 0.25) is 0 Å². The lowest BCUT2D eigenvalue weighted by molar-refractivity contribution is -0.153. The first-order valence-corrected chi connectivity index (χ1v) is 14.0. The number of nitrogens with zero attached hydrogens (tertiary/aromatic N) is 1. The van der Waals surface area contributed by atoms with Crippen LogP contribution in [0, 0.1) is 20.8 Å². The first-order valence-electron chi connectivity index (χ1n) is 14.0. The molecule has 0 amide bonds. The lowest BCUT2D eigenvalue weighted by atomic mass is 9.83. The number of halogens is 3. The number of alkyl halides is 3. The highest BCUT2D eigenvalue weighted by atomic mass is 19.4. The fourth-order valence-electron chi connectivity index (χ4n) is 5.44. The predicted octanol–water partition coefficient (Wildman–Crippen LogP) is 8.55. The van der Waals surface area contributed by atoms with Gasteiger partial charge in [0.25, 0.3) is 0 Å². The Balaban J connectivity index is 1.67. The normalized spacial score (nSPS) is 12.1. The minimum absolute atomic E-state index is 0.179. The van der Waals surface area contributed by atoms with E-state index in [1.54, 1.807) is 7.11 Å². The van der Waals surface area contributed by atoms with Gasteiger partial charge in [0.2, 0.25) is 5.76 Å². The van der Waals surface area contributed by atoms with Gasteiger partial charge < -0.3 is 13.9 Å². The molecule has 0 aliphatic heterocycles. The average molecular weight is 594 g/mol. The van der Waals surface area contributed by atoms with E-state index in [4.69, 9.17) is 13.9 Å². The Kier molecular flexibility index (Phi) is 9.40. The van der Waals surface area contributed by atoms with Gasteiger partial charge in [0, 0.05) is 18.7 Å². The Morgan fingerprint density at radius 2 is 1.51 bits per heavy atom. The smallest absolute Gasteiger partial charge is 0.449 e. The van der Waals surface area contributed by atoms with E-state index in [9.17, 15) is 18.0 Å². The second kappa shape index (κ2) is 12.7. The zero-order valence-electron chi connectivity index (χ0n) is 25.7. The molecule has 1 aromatic heterocycles. The van der Waals surface area contributed by atoms with Crippen molar-refractivity contribution in [2.24, 2.45) is 0 Å². The number of ether oxygens (including phenoxy) is 2. The molecule has 0 aliphatic rings. The van der Waals surface area contributed by atoms with Crippen LogP contribution < -0.4 is 4.74 Å². The van der Waals surface area contributed by atoms with E-state index in [1.165, 1.54) is 13.2 Å². The van der Waals surface area contributed by atoms with Gasteiger partial charge in [-0.2, -0.15) is 13.2 Å². The molecule has 0 spiro atoms. The van der Waals surface area contributed by atoms with Crippen molar-refractivity contribution in [3.63, 3.8) is 0 Å². The molecule has 43 heavy (non-hydrogen) atoms. The minimum Gasteiger partial charge on any atom is -0.496 e. The van der Waals surface area contributed by atoms with Gasteiger partial charge in [-0.3, -0.25) is 9.69 Å². The van der Waals surface area contributed by atoms with Crippen LogP contribution >= 0.6 is 0 Å². The van der Waals surface area contributed by atoms with E-state index in [2.05, 4.69) is 17.0 Å². The van der Waals surface area contributed by atoms with Gasteiger partial charge in [0.05, 0.1) is 26.2 Å². The summed E-state index contributed by atoms with van der Waals surface area (Å²) in [6.45, 7) is 10.9. The molecular weight excluding hydrogens is 555 g/mol. The van der Waals surface area contributed by atoms with Gasteiger partial charge in [-0.15, -0.1) is 0 Å². The molecule has 0 saturated carbocycles. The highest BCUT2D eigenvalue weighted by molar-refractivity contribution is 5.83. The SMILES string of the molecule is COC(=O)C(C)(C)c1cccc(-c2ccc(CN(Cc3ccc(C(F)(F)F)o3)Cc3c(C)cc(C)cc3C)c(OC)c2)c1. The summed E-state index contributed by atoms with van der Waals surface area (Å²) < 4.78 is 55.8. The third-order valence-electron chi connectivity index (χ3n) is 7.84. The number of carbonyl (C=O) groups excluding carboxylic acids is 1. The second-order valence-corrected chi connectivity index (χ2v) is 11.5. The Bertz CT molecular complexity index is 1580. The summed E-state index contributed by atoms with van der Waals surface area (Å²) in [7, 11) is 2.98. The number of carbonyl (C=O) groups is 1. The maximum atomic E-state index is 13.3. The van der Waals surface area contributed by atoms with Crippen molar-refractivity contribution in [3.8, 4) is 16.9 Å². The third-order valence-corrected chi connectivity index (χ3v) is 7.84. The van der Waals surface area contributed by atoms with Gasteiger partial charge >= 0.3 is 12.1 Å². The molecule has 0 bridgehead atoms. The molecule has 0 atom stereocenters. The number of rotatable bonds is 10. The van der Waals surface area contributed by atoms with E-state index in [1.807, 2.05) is 77.1 Å². The molecule has 8 heteroatoms. The zero-order chi connectivity index (χ0) is 31.5. The Hall–Kier alpha value is -4.04. The number of hydrogen-bond acceptors (Lipinski definition) is 5. The van der Waals surface area contributed by atoms with Gasteiger partial charge in [-0.1, -0.05) is 54.1 Å². The topological polar surface area (TPSA) is 51.9 Å². The highest BCUT2D eigenvalue weighted by Gasteiger charge is 2.35. The molecule has 228 valence electrons. The van der Waals surface area contributed by atoms with Gasteiger partial charge in [0.15, 0.2) is 0 Å². The molecule has 4 rings (SSSR count). The summed E-state index contributed by atoms with van der Waals surface area (Å²) >= 11 is 0. The molecule has 0 fully saturated rings. The lowest BCUT2D eigenvalue weighted by Crippen LogP contribution is -2.30. The third kappa shape index (κ3) is 7.31. The second-order valence-electron chi connectivity index (χ2n) is 11.5. The standard InChI is InChI=1S/C35H38F3NO4/c1-22-15-23(2)30(24(3)16-22)21-39(20-29-13-14-32(43-29)35(36,37)38)19-27-12-11-26(18-31(27)41-6)25-9-8-10-28(17-25)34(4,5)33(40)42-7/h8-18H,19-21H2,1-7H3. The summed E-state index contributed by atoms with van der Waals surface area (Å²) in [5, 5.41) is 0. The van der Waals surface area contributed by atoms with Crippen molar-refractivity contribution >= 4 is 5.97 Å². The van der Waals surface area contributed by atoms with Crippen LogP contribution in [0.15, 0.2) is 71.1 Å². The molecular formula is C35H38F3NO4. The molecule has 4 aromatic rings. The number of hydrogen-bond donors (Lipinski definition) is 0. The molecule has 1 heterocycles. The van der Waals surface area contributed by atoms with E-state index < -0.39 is 17.4 Å². The summed E-state index contributed by atoms with van der Waals surface area (Å²) in [5.74, 6) is -0.455. The van der Waals surface area contributed by atoms with Crippen LogP contribution in [0.4, 0.5) is 13.2 Å². The average Bonchev–Trinajstić information content (AvgIpc) is 3.44. The van der Waals surface area contributed by atoms with Crippen LogP contribution in [0.5, 0.6) is 5.75 Å². The number of aryl methyl sites for hydroxylation is 3. The van der Waals surface area contributed by atoms with Crippen molar-refractivity contribution in [1.82, 2.24) is 4.90 Å². The number of methoxy groups -OCH3 is 2. The zero-order valence-corrected chi connectivity index (χ0v) is 25.7. The molecule has 0 aliphatic carbocycles. The van der Waals surface area contributed by atoms with E-state index >= 15 is 0 Å². The van der Waals surface area contributed by atoms with Crippen LogP contribution in [-0.2, 0) is 40.8 Å². The maximum Gasteiger partial charge on any atom is 0.449 e. The van der Waals surface area contributed by atoms with E-state index in [0.717, 1.165) is 50.6 Å². The first kappa shape index (κ1) is 31.9. The summed E-state index contributed by atoms with van der Waals surface area (Å²) in [4.78, 5) is 14.4. The quantitative estimate of drug-likeness (QED) is 0.173. The number of furan rings is 1. The maximum absolute atomic E-state index is 13.3. The number of esters is 1. The molecule has 0 N–H and O–H groups in total. The predicted molar refractivity (Wildman–Crippen MR) is 161 cm³/mol.